The zero-order valence-electron chi connectivity index (χ0n) is 9.02. The number of hydrogen-bond acceptors (Lipinski definition) is 4. The van der Waals surface area contributed by atoms with E-state index >= 15 is 0 Å². The Morgan fingerprint density at radius 3 is 2.62 bits per heavy atom. The van der Waals surface area contributed by atoms with Crippen molar-refractivity contribution in [3.8, 4) is 0 Å². The summed E-state index contributed by atoms with van der Waals surface area (Å²) in [5.41, 5.74) is 0. The molecule has 6 heteroatoms. The van der Waals surface area contributed by atoms with Crippen LogP contribution >= 0.6 is 0 Å². The molecule has 16 heavy (non-hydrogen) atoms. The first kappa shape index (κ1) is 11.6. The Hall–Kier alpha value is -0.910. The molecule has 2 heterocycles. The number of likely N-dealkylation sites (tertiary alicyclic amines) is 1. The van der Waals surface area contributed by atoms with Crippen LogP contribution in [0.5, 0.6) is 0 Å². The highest BCUT2D eigenvalue weighted by atomic mass is 32.2. The molecular weight excluding hydrogens is 230 g/mol. The number of ketones is 1. The second-order valence-electron chi connectivity index (χ2n) is 4.46. The van der Waals surface area contributed by atoms with E-state index in [1.54, 1.807) is 4.90 Å². The summed E-state index contributed by atoms with van der Waals surface area (Å²) in [5.74, 6) is 0.0375. The molecule has 0 saturated carbocycles. The Bertz CT molecular complexity index is 415. The van der Waals surface area contributed by atoms with Gasteiger partial charge in [0.1, 0.15) is 5.78 Å². The van der Waals surface area contributed by atoms with E-state index in [1.807, 2.05) is 0 Å². The fourth-order valence-electron chi connectivity index (χ4n) is 2.36. The maximum absolute atomic E-state index is 11.6. The number of carbonyl (C=O) groups excluding carboxylic acids is 2. The smallest absolute Gasteiger partial charge is 0.230 e. The highest BCUT2D eigenvalue weighted by Gasteiger charge is 2.34. The molecule has 2 rings (SSSR count). The van der Waals surface area contributed by atoms with Gasteiger partial charge in [-0.1, -0.05) is 0 Å². The number of hydrogen-bond donors (Lipinski definition) is 0. The van der Waals surface area contributed by atoms with E-state index in [4.69, 9.17) is 0 Å². The number of rotatable bonds is 1. The van der Waals surface area contributed by atoms with Crippen molar-refractivity contribution in [1.82, 2.24) is 4.90 Å². The van der Waals surface area contributed by atoms with Gasteiger partial charge in [0.15, 0.2) is 9.84 Å². The zero-order chi connectivity index (χ0) is 11.8. The third-order valence-corrected chi connectivity index (χ3v) is 4.98. The average molecular weight is 245 g/mol. The van der Waals surface area contributed by atoms with Crippen LogP contribution in [-0.4, -0.2) is 49.1 Å². The van der Waals surface area contributed by atoms with Crippen molar-refractivity contribution >= 4 is 21.5 Å². The lowest BCUT2D eigenvalue weighted by molar-refractivity contribution is -0.141. The third-order valence-electron chi connectivity index (χ3n) is 3.18. The van der Waals surface area contributed by atoms with Crippen LogP contribution in [0.3, 0.4) is 0 Å². The maximum Gasteiger partial charge on any atom is 0.230 e. The van der Waals surface area contributed by atoms with Gasteiger partial charge in [0.2, 0.25) is 5.91 Å². The van der Waals surface area contributed by atoms with Crippen molar-refractivity contribution in [1.29, 1.82) is 0 Å². The molecule has 0 aromatic heterocycles. The lowest BCUT2D eigenvalue weighted by Crippen LogP contribution is -2.50. The molecule has 0 radical (unpaired) electrons. The van der Waals surface area contributed by atoms with E-state index in [0.717, 1.165) is 6.42 Å². The second kappa shape index (κ2) is 4.16. The van der Waals surface area contributed by atoms with Crippen LogP contribution in [-0.2, 0) is 19.4 Å². The molecule has 0 spiro atoms. The Balaban J connectivity index is 2.07. The van der Waals surface area contributed by atoms with Crippen LogP contribution in [0.4, 0.5) is 0 Å². The van der Waals surface area contributed by atoms with Crippen LogP contribution in [0, 0.1) is 0 Å². The Labute approximate surface area is 94.7 Å². The highest BCUT2D eigenvalue weighted by Crippen LogP contribution is 2.21. The lowest BCUT2D eigenvalue weighted by atomic mass is 10.0. The summed E-state index contributed by atoms with van der Waals surface area (Å²) in [7, 11) is -3.00. The van der Waals surface area contributed by atoms with Gasteiger partial charge >= 0.3 is 0 Å². The normalized spacial score (nSPS) is 30.5. The topological polar surface area (TPSA) is 71.5 Å². The van der Waals surface area contributed by atoms with Crippen molar-refractivity contribution in [2.24, 2.45) is 0 Å². The first-order valence-electron chi connectivity index (χ1n) is 5.49. The van der Waals surface area contributed by atoms with Gasteiger partial charge in [-0.3, -0.25) is 9.59 Å². The molecule has 1 atom stereocenters. The van der Waals surface area contributed by atoms with E-state index in [-0.39, 0.29) is 35.7 Å². The largest absolute Gasteiger partial charge is 0.338 e. The molecule has 0 aliphatic carbocycles. The summed E-state index contributed by atoms with van der Waals surface area (Å²) in [6, 6.07) is -0.209. The number of nitrogens with zero attached hydrogens (tertiary/aromatic N) is 1. The minimum Gasteiger partial charge on any atom is -0.338 e. The standard InChI is InChI=1S/C10H15NO4S/c12-9-3-4-11(10(13)6-9)8-2-1-5-16(14,15)7-8/h8H,1-7H2. The van der Waals surface area contributed by atoms with E-state index in [2.05, 4.69) is 0 Å². The predicted octanol–water partition coefficient (Wildman–Crippen LogP) is -0.245. The molecule has 2 aliphatic heterocycles. The van der Waals surface area contributed by atoms with E-state index < -0.39 is 9.84 Å². The summed E-state index contributed by atoms with van der Waals surface area (Å²) in [6.07, 6.45) is 1.66. The van der Waals surface area contributed by atoms with Crippen molar-refractivity contribution in [2.45, 2.75) is 31.7 Å². The first-order valence-corrected chi connectivity index (χ1v) is 7.32. The quantitative estimate of drug-likeness (QED) is 0.597. The number of sulfone groups is 1. The van der Waals surface area contributed by atoms with Gasteiger partial charge < -0.3 is 4.90 Å². The van der Waals surface area contributed by atoms with Crippen molar-refractivity contribution in [2.75, 3.05) is 18.1 Å². The Kier molecular flexibility index (Phi) is 3.01. The molecule has 2 saturated heterocycles. The molecule has 2 aliphatic rings. The maximum atomic E-state index is 11.6. The molecule has 0 aromatic rings. The lowest BCUT2D eigenvalue weighted by Gasteiger charge is -2.36. The van der Waals surface area contributed by atoms with Crippen LogP contribution in [0.2, 0.25) is 0 Å². The number of carbonyl (C=O) groups is 2. The van der Waals surface area contributed by atoms with Crippen LogP contribution < -0.4 is 0 Å². The Morgan fingerprint density at radius 2 is 2.00 bits per heavy atom. The fourth-order valence-corrected chi connectivity index (χ4v) is 4.07. The van der Waals surface area contributed by atoms with Gasteiger partial charge in [-0.15, -0.1) is 0 Å². The molecule has 0 N–H and O–H groups in total. The molecule has 90 valence electrons. The monoisotopic (exact) mass is 245 g/mol. The SMILES string of the molecule is O=C1CCN(C2CCCS(=O)(=O)C2)C(=O)C1. The molecule has 1 unspecified atom stereocenters. The van der Waals surface area contributed by atoms with Crippen LogP contribution in [0.15, 0.2) is 0 Å². The molecule has 1 amide bonds. The minimum atomic E-state index is -3.00. The third kappa shape index (κ3) is 2.42. The number of piperidine rings is 1. The van der Waals surface area contributed by atoms with Gasteiger partial charge in [-0.2, -0.15) is 0 Å². The van der Waals surface area contributed by atoms with Crippen LogP contribution in [0.25, 0.3) is 0 Å². The van der Waals surface area contributed by atoms with Gasteiger partial charge in [-0.25, -0.2) is 8.42 Å². The molecule has 0 aromatic carbocycles. The predicted molar refractivity (Wildman–Crippen MR) is 57.6 cm³/mol. The summed E-state index contributed by atoms with van der Waals surface area (Å²) in [6.45, 7) is 0.387. The molecule has 5 nitrogen and oxygen atoms in total. The zero-order valence-corrected chi connectivity index (χ0v) is 9.83. The molecule has 2 fully saturated rings. The van der Waals surface area contributed by atoms with E-state index in [9.17, 15) is 18.0 Å². The summed E-state index contributed by atoms with van der Waals surface area (Å²) >= 11 is 0. The van der Waals surface area contributed by atoms with Gasteiger partial charge in [-0.05, 0) is 12.8 Å². The van der Waals surface area contributed by atoms with Gasteiger partial charge in [0.25, 0.3) is 0 Å². The fraction of sp³-hybridized carbons (Fsp3) is 0.800. The van der Waals surface area contributed by atoms with Crippen molar-refractivity contribution in [3.05, 3.63) is 0 Å². The second-order valence-corrected chi connectivity index (χ2v) is 6.69. The summed E-state index contributed by atoms with van der Waals surface area (Å²) < 4.78 is 22.9. The summed E-state index contributed by atoms with van der Waals surface area (Å²) in [4.78, 5) is 24.3. The first-order chi connectivity index (χ1) is 7.48. The Morgan fingerprint density at radius 1 is 1.25 bits per heavy atom. The number of Topliss-reactive ketones (excluding diaryl/α,β-unsaturated/α-hetero) is 1. The average Bonchev–Trinajstić information content (AvgIpc) is 2.15. The van der Waals surface area contributed by atoms with E-state index in [1.165, 1.54) is 0 Å². The molecule has 0 bridgehead atoms. The van der Waals surface area contributed by atoms with E-state index in [0.29, 0.717) is 19.4 Å². The van der Waals surface area contributed by atoms with Crippen molar-refractivity contribution in [3.63, 3.8) is 0 Å². The number of amides is 1. The highest BCUT2D eigenvalue weighted by molar-refractivity contribution is 7.91. The minimum absolute atomic E-state index is 0.0417. The van der Waals surface area contributed by atoms with Gasteiger partial charge in [0, 0.05) is 19.0 Å². The summed E-state index contributed by atoms with van der Waals surface area (Å²) in [5, 5.41) is 0. The van der Waals surface area contributed by atoms with Crippen molar-refractivity contribution < 1.29 is 18.0 Å². The van der Waals surface area contributed by atoms with Crippen LogP contribution in [0.1, 0.15) is 25.7 Å². The molecular formula is C10H15NO4S. The van der Waals surface area contributed by atoms with Gasteiger partial charge in [0.05, 0.1) is 17.9 Å².